The fourth-order valence-electron chi connectivity index (χ4n) is 10.5. The van der Waals surface area contributed by atoms with E-state index in [1.165, 1.54) is 70.6 Å². The third-order valence-electron chi connectivity index (χ3n) is 13.1. The molecule has 4 unspecified atom stereocenters. The lowest BCUT2D eigenvalue weighted by molar-refractivity contribution is -0.145. The second-order valence-corrected chi connectivity index (χ2v) is 17.2. The molecule has 0 aromatic heterocycles. The van der Waals surface area contributed by atoms with Crippen molar-refractivity contribution in [2.24, 2.45) is 46.3 Å². The molecular formula is C42H63BrO3. The average Bonchev–Trinajstić information content (AvgIpc) is 3.39. The topological polar surface area (TPSA) is 35.5 Å². The van der Waals surface area contributed by atoms with E-state index in [0.29, 0.717) is 5.41 Å². The zero-order valence-electron chi connectivity index (χ0n) is 29.7. The number of esters is 1. The van der Waals surface area contributed by atoms with Gasteiger partial charge < -0.3 is 9.47 Å². The number of ether oxygens (including phenoxy) is 2. The Balaban J connectivity index is 1.11. The number of carbonyl (C=O) groups is 1. The highest BCUT2D eigenvalue weighted by Crippen LogP contribution is 2.67. The molecule has 256 valence electrons. The maximum absolute atomic E-state index is 12.9. The van der Waals surface area contributed by atoms with Crippen LogP contribution in [0, 0.1) is 46.3 Å². The van der Waals surface area contributed by atoms with Gasteiger partial charge >= 0.3 is 5.97 Å². The van der Waals surface area contributed by atoms with E-state index in [0.717, 1.165) is 84.4 Å². The first-order chi connectivity index (χ1) is 22.1. The van der Waals surface area contributed by atoms with Gasteiger partial charge in [0, 0.05) is 17.8 Å². The van der Waals surface area contributed by atoms with Crippen LogP contribution in [0.5, 0.6) is 5.75 Å². The van der Waals surface area contributed by atoms with Crippen molar-refractivity contribution in [2.45, 2.75) is 137 Å². The molecule has 0 aliphatic heterocycles. The van der Waals surface area contributed by atoms with Gasteiger partial charge in [-0.3, -0.25) is 0 Å². The van der Waals surface area contributed by atoms with Crippen LogP contribution in [0.25, 0.3) is 6.08 Å². The van der Waals surface area contributed by atoms with Gasteiger partial charge in [-0.25, -0.2) is 4.79 Å². The number of fused-ring (bicyclic) bond motifs is 5. The number of allylic oxidation sites excluding steroid dienone is 1. The predicted octanol–water partition coefficient (Wildman–Crippen LogP) is 12.0. The lowest BCUT2D eigenvalue weighted by atomic mass is 9.47. The molecule has 0 N–H and O–H groups in total. The number of carbonyl (C=O) groups excluding carboxylic acids is 1. The number of hydrogen-bond donors (Lipinski definition) is 0. The van der Waals surface area contributed by atoms with Crippen LogP contribution < -0.4 is 4.74 Å². The van der Waals surface area contributed by atoms with Crippen LogP contribution >= 0.6 is 15.9 Å². The molecule has 4 aliphatic carbocycles. The summed E-state index contributed by atoms with van der Waals surface area (Å²) in [5, 5.41) is 1.08. The SMILES string of the molecule is CC(C)CCC[C@@H](C)[C@H]1CCC2C3CC=C4CC(OC(=O)C=Cc5ccc(OCCCCCCBr)cc5)CC[C@]4(C)C3CC[C@@]21C. The summed E-state index contributed by atoms with van der Waals surface area (Å²) in [6, 6.07) is 7.99. The molecule has 5 rings (SSSR count). The van der Waals surface area contributed by atoms with Crippen LogP contribution in [-0.2, 0) is 9.53 Å². The molecule has 0 amide bonds. The highest BCUT2D eigenvalue weighted by molar-refractivity contribution is 9.09. The molecule has 0 heterocycles. The van der Waals surface area contributed by atoms with Gasteiger partial charge in [0.05, 0.1) is 6.61 Å². The quantitative estimate of drug-likeness (QED) is 0.0602. The summed E-state index contributed by atoms with van der Waals surface area (Å²) >= 11 is 3.48. The molecule has 1 aromatic rings. The Hall–Kier alpha value is -1.55. The molecule has 1 aromatic carbocycles. The minimum atomic E-state index is -0.223. The summed E-state index contributed by atoms with van der Waals surface area (Å²) in [7, 11) is 0. The zero-order chi connectivity index (χ0) is 32.7. The van der Waals surface area contributed by atoms with E-state index >= 15 is 0 Å². The summed E-state index contributed by atoms with van der Waals surface area (Å²) in [6.07, 6.45) is 25.0. The van der Waals surface area contributed by atoms with Crippen molar-refractivity contribution in [3.8, 4) is 5.75 Å². The first-order valence-corrected chi connectivity index (χ1v) is 20.1. The van der Waals surface area contributed by atoms with Crippen molar-refractivity contribution in [3.05, 3.63) is 47.6 Å². The van der Waals surface area contributed by atoms with E-state index < -0.39 is 0 Å². The summed E-state index contributed by atoms with van der Waals surface area (Å²) in [5.41, 5.74) is 3.38. The normalized spacial score (nSPS) is 32.8. The minimum absolute atomic E-state index is 0.00488. The van der Waals surface area contributed by atoms with Crippen LogP contribution in [-0.4, -0.2) is 24.0 Å². The van der Waals surface area contributed by atoms with Crippen molar-refractivity contribution < 1.29 is 14.3 Å². The van der Waals surface area contributed by atoms with E-state index in [-0.39, 0.29) is 17.5 Å². The largest absolute Gasteiger partial charge is 0.494 e. The van der Waals surface area contributed by atoms with Gasteiger partial charge in [-0.1, -0.05) is 106 Å². The second-order valence-electron chi connectivity index (χ2n) is 16.4. The van der Waals surface area contributed by atoms with Crippen LogP contribution in [0.1, 0.15) is 136 Å². The molecule has 3 saturated carbocycles. The third kappa shape index (κ3) is 8.35. The van der Waals surface area contributed by atoms with Gasteiger partial charge in [0.25, 0.3) is 0 Å². The maximum atomic E-state index is 12.9. The lowest BCUT2D eigenvalue weighted by Gasteiger charge is -2.58. The second kappa shape index (κ2) is 16.2. The molecule has 0 bridgehead atoms. The fraction of sp³-hybridized carbons (Fsp3) is 0.738. The zero-order valence-corrected chi connectivity index (χ0v) is 31.3. The molecule has 0 saturated heterocycles. The number of halogens is 1. The number of benzene rings is 1. The molecule has 8 atom stereocenters. The van der Waals surface area contributed by atoms with Gasteiger partial charge in [0.15, 0.2) is 0 Å². The lowest BCUT2D eigenvalue weighted by Crippen LogP contribution is -2.51. The van der Waals surface area contributed by atoms with Gasteiger partial charge in [0.2, 0.25) is 0 Å². The smallest absolute Gasteiger partial charge is 0.331 e. The average molecular weight is 696 g/mol. The van der Waals surface area contributed by atoms with Crippen LogP contribution in [0.3, 0.4) is 0 Å². The van der Waals surface area contributed by atoms with Gasteiger partial charge in [-0.15, -0.1) is 0 Å². The number of alkyl halides is 1. The number of unbranched alkanes of at least 4 members (excludes halogenated alkanes) is 3. The van der Waals surface area contributed by atoms with E-state index in [2.05, 4.69) is 56.6 Å². The first-order valence-electron chi connectivity index (χ1n) is 19.0. The highest BCUT2D eigenvalue weighted by atomic mass is 79.9. The van der Waals surface area contributed by atoms with E-state index in [1.54, 1.807) is 11.6 Å². The molecule has 4 heteroatoms. The Morgan fingerprint density at radius 3 is 2.48 bits per heavy atom. The molecule has 46 heavy (non-hydrogen) atoms. The monoisotopic (exact) mass is 694 g/mol. The van der Waals surface area contributed by atoms with Gasteiger partial charge in [-0.05, 0) is 128 Å². The Morgan fingerprint density at radius 2 is 1.72 bits per heavy atom. The van der Waals surface area contributed by atoms with Gasteiger partial charge in [0.1, 0.15) is 11.9 Å². The summed E-state index contributed by atoms with van der Waals surface area (Å²) in [5.74, 6) is 5.76. The highest BCUT2D eigenvalue weighted by Gasteiger charge is 2.59. The Kier molecular flexibility index (Phi) is 12.6. The molecule has 4 aliphatic rings. The molecule has 3 fully saturated rings. The van der Waals surface area contributed by atoms with Crippen molar-refractivity contribution in [3.63, 3.8) is 0 Å². The fourth-order valence-corrected chi connectivity index (χ4v) is 10.9. The van der Waals surface area contributed by atoms with Crippen molar-refractivity contribution in [1.82, 2.24) is 0 Å². The Morgan fingerprint density at radius 1 is 0.935 bits per heavy atom. The number of rotatable bonds is 15. The standard InChI is InChI=1S/C42H63BrO3/c1-30(2)11-10-12-31(3)37-20-21-38-36-19-16-33-29-35(23-25-41(33,4)39(36)24-26-42(37,38)5)46-40(44)22-15-32-13-17-34(18-14-32)45-28-9-7-6-8-27-43/h13-18,22,30-31,35-39H,6-12,19-21,23-29H2,1-5H3/t31-,35?,36?,37-,38?,39?,41+,42-/m1/s1. The third-order valence-corrected chi connectivity index (χ3v) is 13.7. The van der Waals surface area contributed by atoms with E-state index in [9.17, 15) is 4.79 Å². The van der Waals surface area contributed by atoms with Crippen LogP contribution in [0.15, 0.2) is 42.0 Å². The van der Waals surface area contributed by atoms with E-state index in [4.69, 9.17) is 9.47 Å². The molecular weight excluding hydrogens is 632 g/mol. The van der Waals surface area contributed by atoms with Crippen LogP contribution in [0.4, 0.5) is 0 Å². The summed E-state index contributed by atoms with van der Waals surface area (Å²) < 4.78 is 11.9. The van der Waals surface area contributed by atoms with Gasteiger partial charge in [-0.2, -0.15) is 0 Å². The summed E-state index contributed by atoms with van der Waals surface area (Å²) in [6.45, 7) is 13.3. The van der Waals surface area contributed by atoms with Crippen molar-refractivity contribution >= 4 is 28.0 Å². The Bertz CT molecular complexity index is 1190. The minimum Gasteiger partial charge on any atom is -0.494 e. The predicted molar refractivity (Wildman–Crippen MR) is 196 cm³/mol. The summed E-state index contributed by atoms with van der Waals surface area (Å²) in [4.78, 5) is 12.9. The number of hydrogen-bond acceptors (Lipinski definition) is 3. The van der Waals surface area contributed by atoms with Crippen molar-refractivity contribution in [1.29, 1.82) is 0 Å². The first kappa shape index (κ1) is 35.7. The molecule has 0 radical (unpaired) electrons. The van der Waals surface area contributed by atoms with Crippen LogP contribution in [0.2, 0.25) is 0 Å². The Labute approximate surface area is 289 Å². The molecule has 3 nitrogen and oxygen atoms in total. The van der Waals surface area contributed by atoms with Crippen molar-refractivity contribution in [2.75, 3.05) is 11.9 Å². The van der Waals surface area contributed by atoms with E-state index in [1.807, 2.05) is 30.3 Å². The molecule has 0 spiro atoms. The maximum Gasteiger partial charge on any atom is 0.331 e.